The summed E-state index contributed by atoms with van der Waals surface area (Å²) in [6.07, 6.45) is 1.00. The maximum Gasteiger partial charge on any atom is 0.0629 e. The monoisotopic (exact) mass is 272 g/mol. The Balaban J connectivity index is 2.15. The van der Waals surface area contributed by atoms with Gasteiger partial charge in [0, 0.05) is 19.2 Å². The molecule has 0 radical (unpaired) electrons. The summed E-state index contributed by atoms with van der Waals surface area (Å²) in [6.45, 7) is 8.28. The van der Waals surface area contributed by atoms with E-state index < -0.39 is 0 Å². The van der Waals surface area contributed by atoms with E-state index in [1.165, 1.54) is 22.3 Å². The summed E-state index contributed by atoms with van der Waals surface area (Å²) < 4.78 is 1.89. The van der Waals surface area contributed by atoms with Crippen LogP contribution in [0.5, 0.6) is 0 Å². The van der Waals surface area contributed by atoms with E-state index in [1.807, 2.05) is 18.7 Å². The molecule has 108 valence electrons. The van der Waals surface area contributed by atoms with Gasteiger partial charge in [0.1, 0.15) is 0 Å². The summed E-state index contributed by atoms with van der Waals surface area (Å²) in [6, 6.07) is 6.28. The van der Waals surface area contributed by atoms with Gasteiger partial charge in [0.25, 0.3) is 0 Å². The fourth-order valence-electron chi connectivity index (χ4n) is 2.83. The molecule has 1 N–H and O–H groups in total. The first kappa shape index (κ1) is 14.8. The van der Waals surface area contributed by atoms with Crippen LogP contribution in [-0.4, -0.2) is 21.0 Å². The number of rotatable bonds is 4. The highest BCUT2D eigenvalue weighted by Crippen LogP contribution is 2.19. The third-order valence-electron chi connectivity index (χ3n) is 4.18. The molecule has 1 heterocycles. The molecule has 0 saturated carbocycles. The van der Waals surface area contributed by atoms with Gasteiger partial charge in [-0.1, -0.05) is 18.2 Å². The molecule has 1 aromatic heterocycles. The Hall–Kier alpha value is -1.61. The molecule has 0 saturated heterocycles. The van der Waals surface area contributed by atoms with Gasteiger partial charge in [-0.25, -0.2) is 0 Å². The maximum absolute atomic E-state index is 10.4. The van der Waals surface area contributed by atoms with E-state index >= 15 is 0 Å². The summed E-state index contributed by atoms with van der Waals surface area (Å²) >= 11 is 0. The second kappa shape index (κ2) is 5.80. The Kier molecular flexibility index (Phi) is 4.29. The largest absolute Gasteiger partial charge is 0.392 e. The zero-order valence-electron chi connectivity index (χ0n) is 13.1. The zero-order valence-corrected chi connectivity index (χ0v) is 13.1. The number of aliphatic hydroxyl groups excluding tert-OH is 1. The minimum atomic E-state index is -0.364. The lowest BCUT2D eigenvalue weighted by Crippen LogP contribution is -2.16. The molecule has 0 amide bonds. The summed E-state index contributed by atoms with van der Waals surface area (Å²) in [4.78, 5) is 0. The van der Waals surface area contributed by atoms with Crippen LogP contribution >= 0.6 is 0 Å². The quantitative estimate of drug-likeness (QED) is 0.929. The first-order valence-corrected chi connectivity index (χ1v) is 7.12. The molecule has 0 spiro atoms. The minimum absolute atomic E-state index is 0.364. The number of aryl methyl sites for hydroxylation is 4. The van der Waals surface area contributed by atoms with Crippen LogP contribution in [0.1, 0.15) is 33.6 Å². The van der Waals surface area contributed by atoms with E-state index in [4.69, 9.17) is 0 Å². The Morgan fingerprint density at radius 3 is 2.10 bits per heavy atom. The molecule has 3 heteroatoms. The molecule has 3 nitrogen and oxygen atoms in total. The van der Waals surface area contributed by atoms with Crippen molar-refractivity contribution < 1.29 is 5.11 Å². The van der Waals surface area contributed by atoms with Gasteiger partial charge in [-0.05, 0) is 56.4 Å². The van der Waals surface area contributed by atoms with Crippen molar-refractivity contribution in [1.82, 2.24) is 9.78 Å². The van der Waals surface area contributed by atoms with Crippen molar-refractivity contribution in [2.45, 2.75) is 46.6 Å². The molecule has 1 unspecified atom stereocenters. The highest BCUT2D eigenvalue weighted by molar-refractivity contribution is 5.34. The molecule has 0 aliphatic carbocycles. The lowest BCUT2D eigenvalue weighted by Gasteiger charge is -2.15. The average molecular weight is 272 g/mol. The van der Waals surface area contributed by atoms with Crippen LogP contribution in [0.3, 0.4) is 0 Å². The molecule has 1 atom stereocenters. The third-order valence-corrected chi connectivity index (χ3v) is 4.18. The van der Waals surface area contributed by atoms with Crippen LogP contribution in [0.25, 0.3) is 0 Å². The van der Waals surface area contributed by atoms with E-state index in [-0.39, 0.29) is 6.10 Å². The number of aliphatic hydroxyl groups is 1. The standard InChI is InChI=1S/C17H24N2O/c1-11-7-6-8-12(2)16(11)9-15(20)10-17-13(3)18-19(5)14(17)4/h6-8,15,20H,9-10H2,1-5H3. The third kappa shape index (κ3) is 2.93. The molecule has 0 bridgehead atoms. The van der Waals surface area contributed by atoms with Gasteiger partial charge < -0.3 is 5.11 Å². The summed E-state index contributed by atoms with van der Waals surface area (Å²) in [5.41, 5.74) is 7.10. The molecule has 0 aliphatic rings. The van der Waals surface area contributed by atoms with Gasteiger partial charge >= 0.3 is 0 Å². The van der Waals surface area contributed by atoms with Crippen LogP contribution in [0.4, 0.5) is 0 Å². The topological polar surface area (TPSA) is 38.1 Å². The van der Waals surface area contributed by atoms with Gasteiger partial charge in [-0.2, -0.15) is 5.10 Å². The Morgan fingerprint density at radius 1 is 1.05 bits per heavy atom. The average Bonchev–Trinajstić information content (AvgIpc) is 2.61. The molecule has 2 aromatic rings. The zero-order chi connectivity index (χ0) is 14.9. The van der Waals surface area contributed by atoms with Crippen LogP contribution < -0.4 is 0 Å². The number of aromatic nitrogens is 2. The predicted molar refractivity (Wildman–Crippen MR) is 82.0 cm³/mol. The van der Waals surface area contributed by atoms with Crippen LogP contribution in [0.15, 0.2) is 18.2 Å². The van der Waals surface area contributed by atoms with Crippen LogP contribution in [0.2, 0.25) is 0 Å². The lowest BCUT2D eigenvalue weighted by atomic mass is 9.94. The van der Waals surface area contributed by atoms with E-state index in [1.54, 1.807) is 0 Å². The van der Waals surface area contributed by atoms with Crippen molar-refractivity contribution >= 4 is 0 Å². The SMILES string of the molecule is Cc1cccc(C)c1CC(O)Cc1c(C)nn(C)c1C. The molecule has 0 fully saturated rings. The summed E-state index contributed by atoms with van der Waals surface area (Å²) in [7, 11) is 1.95. The van der Waals surface area contributed by atoms with Gasteiger partial charge in [-0.3, -0.25) is 4.68 Å². The number of nitrogens with zero attached hydrogens (tertiary/aromatic N) is 2. The highest BCUT2D eigenvalue weighted by Gasteiger charge is 2.16. The van der Waals surface area contributed by atoms with Gasteiger partial charge in [0.05, 0.1) is 11.8 Å². The molecular formula is C17H24N2O. The van der Waals surface area contributed by atoms with Crippen molar-refractivity contribution in [2.24, 2.45) is 7.05 Å². The smallest absolute Gasteiger partial charge is 0.0629 e. The van der Waals surface area contributed by atoms with Gasteiger partial charge in [-0.15, -0.1) is 0 Å². The Labute approximate surface area is 121 Å². The van der Waals surface area contributed by atoms with Crippen LogP contribution in [-0.2, 0) is 19.9 Å². The lowest BCUT2D eigenvalue weighted by molar-refractivity contribution is 0.174. The fraction of sp³-hybridized carbons (Fsp3) is 0.471. The van der Waals surface area contributed by atoms with Crippen molar-refractivity contribution in [3.63, 3.8) is 0 Å². The summed E-state index contributed by atoms with van der Waals surface area (Å²) in [5, 5.41) is 14.8. The Bertz CT molecular complexity index is 593. The van der Waals surface area contributed by atoms with Crippen molar-refractivity contribution in [1.29, 1.82) is 0 Å². The number of benzene rings is 1. The van der Waals surface area contributed by atoms with E-state index in [2.05, 4.69) is 44.1 Å². The second-order valence-electron chi connectivity index (χ2n) is 5.71. The van der Waals surface area contributed by atoms with E-state index in [0.29, 0.717) is 12.8 Å². The predicted octanol–water partition coefficient (Wildman–Crippen LogP) is 2.80. The number of hydrogen-bond acceptors (Lipinski definition) is 2. The minimum Gasteiger partial charge on any atom is -0.392 e. The Morgan fingerprint density at radius 2 is 1.60 bits per heavy atom. The normalized spacial score (nSPS) is 12.7. The number of hydrogen-bond donors (Lipinski definition) is 1. The molecule has 1 aromatic carbocycles. The second-order valence-corrected chi connectivity index (χ2v) is 5.71. The van der Waals surface area contributed by atoms with E-state index in [0.717, 1.165) is 11.4 Å². The molecular weight excluding hydrogens is 248 g/mol. The van der Waals surface area contributed by atoms with Crippen LogP contribution in [0, 0.1) is 27.7 Å². The summed E-state index contributed by atoms with van der Waals surface area (Å²) in [5.74, 6) is 0. The van der Waals surface area contributed by atoms with Crippen molar-refractivity contribution in [3.8, 4) is 0 Å². The van der Waals surface area contributed by atoms with Crippen molar-refractivity contribution in [2.75, 3.05) is 0 Å². The molecule has 0 aliphatic heterocycles. The van der Waals surface area contributed by atoms with Gasteiger partial charge in [0.15, 0.2) is 0 Å². The van der Waals surface area contributed by atoms with Crippen molar-refractivity contribution in [3.05, 3.63) is 51.8 Å². The first-order valence-electron chi connectivity index (χ1n) is 7.12. The molecule has 20 heavy (non-hydrogen) atoms. The molecule has 2 rings (SSSR count). The fourth-order valence-corrected chi connectivity index (χ4v) is 2.83. The first-order chi connectivity index (χ1) is 9.40. The maximum atomic E-state index is 10.4. The highest BCUT2D eigenvalue weighted by atomic mass is 16.3. The van der Waals surface area contributed by atoms with Gasteiger partial charge in [0.2, 0.25) is 0 Å². The van der Waals surface area contributed by atoms with E-state index in [9.17, 15) is 5.11 Å².